The fourth-order valence-electron chi connectivity index (χ4n) is 13.7. The second-order valence-corrected chi connectivity index (χ2v) is 30.6. The third-order valence-corrected chi connectivity index (χ3v) is 21.3. The lowest BCUT2D eigenvalue weighted by atomic mass is 9.84. The van der Waals surface area contributed by atoms with Crippen molar-refractivity contribution in [3.05, 3.63) is 124 Å². The van der Waals surface area contributed by atoms with Crippen molar-refractivity contribution in [1.29, 1.82) is 0 Å². The Balaban J connectivity index is 0.896. The summed E-state index contributed by atoms with van der Waals surface area (Å²) in [4.78, 5) is 144. The second-order valence-electron chi connectivity index (χ2n) is 29.7. The molecule has 1 aromatic heterocycles. The molecule has 3 aromatic carbocycles. The number of hydrogen-bond acceptors (Lipinski definition) is 18. The van der Waals surface area contributed by atoms with Crippen LogP contribution in [0.3, 0.4) is 0 Å². The number of benzene rings is 3. The van der Waals surface area contributed by atoms with E-state index in [0.29, 0.717) is 55.4 Å². The van der Waals surface area contributed by atoms with E-state index in [-0.39, 0.29) is 150 Å². The van der Waals surface area contributed by atoms with Gasteiger partial charge in [-0.05, 0) is 132 Å². The molecule has 1 saturated heterocycles. The standard InChI is InChI=1S/C83H122N10O17S/c1-11-15-16-22-40-92(81(103)76(57(7)12-2)90-79(102)68-28-21-23-39-91(68)10)69(56(5)6)51-70(110-14-4)80-89-66(55-111-80)78(101)87-63(52-83(8,9)82(104)105)49-58-29-31-62(32-30-58)86-73(96)53-85-77(100)65(33-36-75(98)99)88-72(95)37-41-106-43-45-108-47-48-109-46-44-107-42-38-84-71(94)34-35-74(97)93-54-61-25-18-17-24-60(61)50-59(13-3)64-26-19-20-27-67(64)93/h13,17-20,24-27,29-32,55-57,59,63,65,68-70,76H,3,11-12,14-16,21-23,28,33-54H2,1-2,4-10H3,(H,84,94)(H,85,100)(H,86,96)(H,87,101)(H,88,95)(H,90,102)(H,98,99)(H,104,105)/t57-,59?,63-,65-,68+,69+,70+,76-/m0/s1. The van der Waals surface area contributed by atoms with Crippen LogP contribution in [0.2, 0.25) is 0 Å². The summed E-state index contributed by atoms with van der Waals surface area (Å²) in [6.45, 7) is 23.0. The summed E-state index contributed by atoms with van der Waals surface area (Å²) in [7, 11) is 1.96. The van der Waals surface area contributed by atoms with Gasteiger partial charge in [-0.15, -0.1) is 17.9 Å². The number of aromatic nitrogens is 1. The highest BCUT2D eigenvalue weighted by Gasteiger charge is 2.39. The number of likely N-dealkylation sites (N-methyl/N-ethyl adjacent to an activating group) is 1. The van der Waals surface area contributed by atoms with Crippen LogP contribution in [0.25, 0.3) is 0 Å². The molecule has 1 fully saturated rings. The number of carbonyl (C=O) groups is 10. The minimum atomic E-state index is -1.27. The quantitative estimate of drug-likeness (QED) is 0.0150. The third kappa shape index (κ3) is 30.8. The number of likely N-dealkylation sites (tertiary alicyclic amines) is 1. The van der Waals surface area contributed by atoms with Gasteiger partial charge in [0.25, 0.3) is 5.91 Å². The Morgan fingerprint density at radius 1 is 0.748 bits per heavy atom. The van der Waals surface area contributed by atoms with Crippen LogP contribution >= 0.6 is 11.3 Å². The molecule has 1 unspecified atom stereocenters. The van der Waals surface area contributed by atoms with E-state index in [2.05, 4.69) is 70.2 Å². The lowest BCUT2D eigenvalue weighted by molar-refractivity contribution is -0.147. The molecule has 0 saturated carbocycles. The fraction of sp³-hybridized carbons (Fsp3) is 0.602. The monoisotopic (exact) mass is 1560 g/mol. The van der Waals surface area contributed by atoms with Gasteiger partial charge in [0.15, 0.2) is 0 Å². The van der Waals surface area contributed by atoms with Crippen molar-refractivity contribution in [3.8, 4) is 0 Å². The molecule has 2 aliphatic rings. The van der Waals surface area contributed by atoms with E-state index in [1.54, 1.807) is 48.4 Å². The van der Waals surface area contributed by atoms with Gasteiger partial charge in [0, 0.05) is 86.6 Å². The summed E-state index contributed by atoms with van der Waals surface area (Å²) in [5, 5.41) is 38.6. The predicted octanol–water partition coefficient (Wildman–Crippen LogP) is 9.72. The van der Waals surface area contributed by atoms with Gasteiger partial charge in [0.1, 0.15) is 28.9 Å². The smallest absolute Gasteiger partial charge is 0.309 e. The summed E-state index contributed by atoms with van der Waals surface area (Å²) in [6, 6.07) is 19.3. The number of carboxylic acids is 2. The number of nitrogens with zero attached hydrogens (tertiary/aromatic N) is 4. The molecule has 111 heavy (non-hydrogen) atoms. The number of nitrogens with one attached hydrogen (secondary N) is 6. The molecule has 0 bridgehead atoms. The van der Waals surface area contributed by atoms with Crippen molar-refractivity contribution < 1.29 is 81.8 Å². The summed E-state index contributed by atoms with van der Waals surface area (Å²) in [5.74, 6) is -5.49. The van der Waals surface area contributed by atoms with Crippen molar-refractivity contribution in [2.24, 2.45) is 17.3 Å². The average Bonchev–Trinajstić information content (AvgIpc) is 1.04. The van der Waals surface area contributed by atoms with E-state index in [9.17, 15) is 53.4 Å². The maximum absolute atomic E-state index is 15.1. The molecule has 0 radical (unpaired) electrons. The number of rotatable bonds is 51. The minimum Gasteiger partial charge on any atom is -0.481 e. The normalized spacial score (nSPS) is 16.0. The van der Waals surface area contributed by atoms with E-state index in [1.807, 2.05) is 81.3 Å². The first-order valence-electron chi connectivity index (χ1n) is 39.5. The zero-order valence-corrected chi connectivity index (χ0v) is 67.4. The Bertz CT molecular complexity index is 3630. The number of carbonyl (C=O) groups excluding carboxylic acids is 8. The molecule has 2 aliphatic heterocycles. The molecule has 0 aliphatic carbocycles. The van der Waals surface area contributed by atoms with E-state index in [0.717, 1.165) is 80.3 Å². The molecule has 612 valence electrons. The number of unbranched alkanes of at least 4 members (excludes halogenated alkanes) is 3. The topological polar surface area (TPSA) is 352 Å². The molecule has 6 rings (SSSR count). The zero-order valence-electron chi connectivity index (χ0n) is 66.6. The van der Waals surface area contributed by atoms with Gasteiger partial charge in [-0.3, -0.25) is 52.8 Å². The van der Waals surface area contributed by atoms with Crippen LogP contribution in [0.5, 0.6) is 0 Å². The molecule has 27 nitrogen and oxygen atoms in total. The van der Waals surface area contributed by atoms with E-state index in [4.69, 9.17) is 28.7 Å². The molecule has 4 aromatic rings. The highest BCUT2D eigenvalue weighted by molar-refractivity contribution is 7.09. The maximum Gasteiger partial charge on any atom is 0.309 e. The van der Waals surface area contributed by atoms with Gasteiger partial charge in [-0.25, -0.2) is 4.98 Å². The molecule has 0 spiro atoms. The lowest BCUT2D eigenvalue weighted by Gasteiger charge is -2.40. The number of aliphatic carboxylic acids is 2. The number of piperidine rings is 1. The van der Waals surface area contributed by atoms with Crippen molar-refractivity contribution in [2.45, 2.75) is 213 Å². The van der Waals surface area contributed by atoms with Gasteiger partial charge in [-0.1, -0.05) is 127 Å². The summed E-state index contributed by atoms with van der Waals surface area (Å²) >= 11 is 1.27. The van der Waals surface area contributed by atoms with Crippen LogP contribution in [0, 0.1) is 17.3 Å². The molecule has 28 heteroatoms. The van der Waals surface area contributed by atoms with Gasteiger partial charge >= 0.3 is 11.9 Å². The average molecular weight is 1560 g/mol. The van der Waals surface area contributed by atoms with Crippen LogP contribution in [-0.4, -0.2) is 207 Å². The maximum atomic E-state index is 15.1. The predicted molar refractivity (Wildman–Crippen MR) is 426 cm³/mol. The van der Waals surface area contributed by atoms with E-state index in [1.165, 1.54) is 11.3 Å². The lowest BCUT2D eigenvalue weighted by Crippen LogP contribution is -2.59. The van der Waals surface area contributed by atoms with Gasteiger partial charge in [0.05, 0.1) is 77.4 Å². The number of ether oxygens (including phenoxy) is 5. The van der Waals surface area contributed by atoms with Gasteiger partial charge in [-0.2, -0.15) is 0 Å². The van der Waals surface area contributed by atoms with Crippen molar-refractivity contribution in [1.82, 2.24) is 41.4 Å². The van der Waals surface area contributed by atoms with Gasteiger partial charge in [0.2, 0.25) is 41.4 Å². The Hall–Kier alpha value is -8.51. The van der Waals surface area contributed by atoms with Crippen LogP contribution < -0.4 is 36.8 Å². The van der Waals surface area contributed by atoms with Crippen molar-refractivity contribution >= 4 is 81.9 Å². The van der Waals surface area contributed by atoms with Crippen LogP contribution in [0.1, 0.15) is 201 Å². The first-order chi connectivity index (χ1) is 53.3. The summed E-state index contributed by atoms with van der Waals surface area (Å²) < 4.78 is 28.6. The number of carboxylic acid groups (broad SMARTS) is 2. The Morgan fingerprint density at radius 3 is 2.07 bits per heavy atom. The first kappa shape index (κ1) is 91.4. The Labute approximate surface area is 659 Å². The van der Waals surface area contributed by atoms with Crippen molar-refractivity contribution in [2.75, 3.05) is 103 Å². The van der Waals surface area contributed by atoms with Crippen LogP contribution in [0.15, 0.2) is 90.8 Å². The number of thiazole rings is 1. The Kier molecular flexibility index (Phi) is 39.9. The van der Waals surface area contributed by atoms with Crippen LogP contribution in [-0.2, 0) is 86.2 Å². The fourth-order valence-corrected chi connectivity index (χ4v) is 14.6. The zero-order chi connectivity index (χ0) is 80.8. The first-order valence-corrected chi connectivity index (χ1v) is 40.4. The number of fused-ring (bicyclic) bond motifs is 2. The van der Waals surface area contributed by atoms with E-state index < -0.39 is 78.2 Å². The van der Waals surface area contributed by atoms with Crippen molar-refractivity contribution in [3.63, 3.8) is 0 Å². The van der Waals surface area contributed by atoms with E-state index >= 15 is 4.79 Å². The van der Waals surface area contributed by atoms with Gasteiger partial charge < -0.3 is 75.6 Å². The highest BCUT2D eigenvalue weighted by Crippen LogP contribution is 2.37. The number of anilines is 2. The summed E-state index contributed by atoms with van der Waals surface area (Å²) in [6.07, 6.45) is 9.15. The number of amides is 8. The SMILES string of the molecule is C=CC1Cc2ccccc2CN(C(=O)CCC(=O)NCCOCCOCCOCCOCCC(=O)N[C@@H](CCC(=O)O)C(=O)NCC(=O)Nc2ccc(C[C@@H](CC(C)(C)C(=O)O)NC(=O)c3csc([C@@H](C[C@H](C(C)C)N(CCCCCC)C(=O)[C@@H](NC(=O)[C@H]4CCCCN4C)[C@@H](C)CC)OCC)n3)cc2)c2ccccc21. The molecule has 8 atom stereocenters. The Morgan fingerprint density at radius 2 is 1.42 bits per heavy atom. The van der Waals surface area contributed by atoms with Crippen LogP contribution in [0.4, 0.5) is 11.4 Å². The molecule has 8 amide bonds. The molecule has 8 N–H and O–H groups in total. The molecular weight excluding hydrogens is 1440 g/mol. The number of allylic oxidation sites excluding steroid dienone is 1. The largest absolute Gasteiger partial charge is 0.481 e. The minimum absolute atomic E-state index is 0.0201. The third-order valence-electron chi connectivity index (χ3n) is 20.3. The second kappa shape index (κ2) is 48.4. The number of para-hydroxylation sites is 1. The molecule has 3 heterocycles. The highest BCUT2D eigenvalue weighted by atomic mass is 32.1. The summed E-state index contributed by atoms with van der Waals surface area (Å²) in [5.41, 5.74) is 4.00. The number of hydrogen-bond donors (Lipinski definition) is 8. The molecular formula is C83H122N10O17S.